The van der Waals surface area contributed by atoms with Gasteiger partial charge in [0, 0.05) is 6.54 Å². The molecule has 0 spiro atoms. The number of nitrogens with zero attached hydrogens (tertiary/aromatic N) is 3. The van der Waals surface area contributed by atoms with Crippen molar-refractivity contribution in [2.45, 2.75) is 71.0 Å². The van der Waals surface area contributed by atoms with Gasteiger partial charge in [-0.25, -0.2) is 14.0 Å². The fourth-order valence-corrected chi connectivity index (χ4v) is 6.14. The predicted molar refractivity (Wildman–Crippen MR) is 162 cm³/mol. The molecular weight excluding hydrogens is 621 g/mol. The summed E-state index contributed by atoms with van der Waals surface area (Å²) < 4.78 is 26.2. The van der Waals surface area contributed by atoms with E-state index in [9.17, 15) is 23.6 Å². The average Bonchev–Trinajstić information content (AvgIpc) is 3.49. The third kappa shape index (κ3) is 8.33. The molecule has 0 saturated carbocycles. The number of esters is 2. The van der Waals surface area contributed by atoms with Crippen LogP contribution in [-0.4, -0.2) is 57.0 Å². The molecule has 0 fully saturated rings. The summed E-state index contributed by atoms with van der Waals surface area (Å²) in [6, 6.07) is 3.99. The number of thioether (sulfide) groups is 1. The van der Waals surface area contributed by atoms with Gasteiger partial charge in [0.15, 0.2) is 11.0 Å². The molecule has 1 atom stereocenters. The van der Waals surface area contributed by atoms with Gasteiger partial charge in [0.05, 0.1) is 41.2 Å². The number of carbonyl (C=O) groups is 4. The zero-order valence-electron chi connectivity index (χ0n) is 24.4. The van der Waals surface area contributed by atoms with Crippen LogP contribution >= 0.6 is 34.7 Å². The molecule has 0 aliphatic rings. The molecule has 0 aliphatic carbocycles. The van der Waals surface area contributed by atoms with Crippen LogP contribution < -0.4 is 10.6 Å². The van der Waals surface area contributed by atoms with Crippen LogP contribution in [-0.2, 0) is 27.4 Å². The van der Waals surface area contributed by atoms with E-state index in [0.717, 1.165) is 42.0 Å². The van der Waals surface area contributed by atoms with E-state index in [1.165, 1.54) is 12.1 Å². The molecule has 0 saturated heterocycles. The second-order valence-corrected chi connectivity index (χ2v) is 11.9. The maximum absolute atomic E-state index is 14.2. The van der Waals surface area contributed by atoms with Crippen molar-refractivity contribution in [1.29, 1.82) is 0 Å². The topological polar surface area (TPSA) is 142 Å². The Kier molecular flexibility index (Phi) is 12.5. The highest BCUT2D eigenvalue weighted by molar-refractivity contribution is 8.00. The molecule has 2 amide bonds. The van der Waals surface area contributed by atoms with Gasteiger partial charge in [-0.1, -0.05) is 42.8 Å². The summed E-state index contributed by atoms with van der Waals surface area (Å²) >= 11 is 8.09. The van der Waals surface area contributed by atoms with Gasteiger partial charge in [-0.15, -0.1) is 21.5 Å². The number of hydrogen-bond acceptors (Lipinski definition) is 10. The van der Waals surface area contributed by atoms with Crippen LogP contribution in [0.5, 0.6) is 0 Å². The zero-order chi connectivity index (χ0) is 31.7. The first kappa shape index (κ1) is 34.0. The molecule has 2 heterocycles. The van der Waals surface area contributed by atoms with Crippen LogP contribution in [0.25, 0.3) is 0 Å². The molecule has 11 nitrogen and oxygen atoms in total. The van der Waals surface area contributed by atoms with E-state index in [-0.39, 0.29) is 45.8 Å². The van der Waals surface area contributed by atoms with Crippen molar-refractivity contribution in [3.05, 3.63) is 56.4 Å². The van der Waals surface area contributed by atoms with Crippen molar-refractivity contribution in [3.8, 4) is 0 Å². The van der Waals surface area contributed by atoms with E-state index < -0.39 is 34.8 Å². The summed E-state index contributed by atoms with van der Waals surface area (Å²) in [6.45, 7) is 9.35. The molecule has 2 aromatic heterocycles. The van der Waals surface area contributed by atoms with Gasteiger partial charge in [-0.2, -0.15) is 0 Å². The number of halogens is 2. The van der Waals surface area contributed by atoms with Gasteiger partial charge in [0.2, 0.25) is 5.91 Å². The Balaban J connectivity index is 1.79. The number of hydrogen-bond donors (Lipinski definition) is 2. The molecule has 1 aromatic carbocycles. The Morgan fingerprint density at radius 3 is 2.44 bits per heavy atom. The second kappa shape index (κ2) is 15.8. The van der Waals surface area contributed by atoms with Crippen molar-refractivity contribution in [2.75, 3.05) is 18.5 Å². The number of aromatic nitrogens is 3. The number of anilines is 1. The summed E-state index contributed by atoms with van der Waals surface area (Å²) in [4.78, 5) is 51.3. The number of unbranched alkanes of at least 4 members (excludes halogenated alkanes) is 1. The van der Waals surface area contributed by atoms with Crippen LogP contribution in [0.4, 0.5) is 9.39 Å². The van der Waals surface area contributed by atoms with E-state index in [2.05, 4.69) is 20.8 Å². The number of carbonyl (C=O) groups excluding carboxylic acids is 4. The minimum absolute atomic E-state index is 0.0116. The third-order valence-corrected chi connectivity index (χ3v) is 8.68. The van der Waals surface area contributed by atoms with Gasteiger partial charge >= 0.3 is 11.9 Å². The van der Waals surface area contributed by atoms with Gasteiger partial charge < -0.3 is 24.7 Å². The third-order valence-electron chi connectivity index (χ3n) is 6.10. The Bertz CT molecular complexity index is 1470. The maximum atomic E-state index is 14.2. The van der Waals surface area contributed by atoms with Crippen LogP contribution in [0.3, 0.4) is 0 Å². The summed E-state index contributed by atoms with van der Waals surface area (Å²) in [6.07, 6.45) is 1.65. The standard InChI is InChI=1S/C28H33ClFN5O6S2/c1-6-9-13-35-19(14-31-24(37)21-17(29)11-10-12-18(21)30)33-34-28(35)42-16(5)23(36)32-25-20(26(38)40-7-2)15(4)22(43-25)27(39)41-8-3/h10-12,16H,6-9,13-14H2,1-5H3,(H,31,37)(H,32,36)/t16-/m1/s1. The fraction of sp³-hybridized carbons (Fsp3) is 0.429. The van der Waals surface area contributed by atoms with E-state index in [1.54, 1.807) is 32.3 Å². The van der Waals surface area contributed by atoms with E-state index in [1.807, 2.05) is 6.92 Å². The molecule has 0 bridgehead atoms. The van der Waals surface area contributed by atoms with Gasteiger partial charge in [0.25, 0.3) is 5.91 Å². The maximum Gasteiger partial charge on any atom is 0.348 e. The quantitative estimate of drug-likeness (QED) is 0.167. The summed E-state index contributed by atoms with van der Waals surface area (Å²) in [5.74, 6) is -2.72. The lowest BCUT2D eigenvalue weighted by Crippen LogP contribution is -2.26. The van der Waals surface area contributed by atoms with Gasteiger partial charge in [0.1, 0.15) is 15.7 Å². The Labute approximate surface area is 261 Å². The van der Waals surface area contributed by atoms with Crippen molar-refractivity contribution in [1.82, 2.24) is 20.1 Å². The molecular formula is C28H33ClFN5O6S2. The smallest absolute Gasteiger partial charge is 0.348 e. The van der Waals surface area contributed by atoms with Gasteiger partial charge in [-0.3, -0.25) is 9.59 Å². The molecule has 3 rings (SSSR count). The van der Waals surface area contributed by atoms with Crippen molar-refractivity contribution >= 4 is 63.5 Å². The first-order chi connectivity index (χ1) is 20.5. The Hall–Kier alpha value is -3.49. The number of benzene rings is 1. The van der Waals surface area contributed by atoms with E-state index in [4.69, 9.17) is 21.1 Å². The first-order valence-electron chi connectivity index (χ1n) is 13.6. The predicted octanol–water partition coefficient (Wildman–Crippen LogP) is 5.64. The average molecular weight is 654 g/mol. The minimum atomic E-state index is -0.741. The highest BCUT2D eigenvalue weighted by atomic mass is 35.5. The molecule has 232 valence electrons. The SMILES string of the molecule is CCCCn1c(CNC(=O)c2c(F)cccc2Cl)nnc1S[C@H](C)C(=O)Nc1sc(C(=O)OCC)c(C)c1C(=O)OCC. The number of ether oxygens (including phenoxy) is 2. The second-order valence-electron chi connectivity index (χ2n) is 9.13. The zero-order valence-corrected chi connectivity index (χ0v) is 26.8. The van der Waals surface area contributed by atoms with Gasteiger partial charge in [-0.05, 0) is 51.8 Å². The molecule has 0 radical (unpaired) electrons. The molecule has 2 N–H and O–H groups in total. The van der Waals surface area contributed by atoms with Crippen molar-refractivity contribution in [3.63, 3.8) is 0 Å². The fourth-order valence-electron chi connectivity index (χ4n) is 3.91. The lowest BCUT2D eigenvalue weighted by Gasteiger charge is -2.14. The van der Waals surface area contributed by atoms with Crippen LogP contribution in [0, 0.1) is 12.7 Å². The van der Waals surface area contributed by atoms with E-state index >= 15 is 0 Å². The number of thiophene rings is 1. The molecule has 15 heteroatoms. The lowest BCUT2D eigenvalue weighted by molar-refractivity contribution is -0.115. The molecule has 43 heavy (non-hydrogen) atoms. The van der Waals surface area contributed by atoms with Crippen LogP contribution in [0.15, 0.2) is 23.4 Å². The monoisotopic (exact) mass is 653 g/mol. The largest absolute Gasteiger partial charge is 0.462 e. The first-order valence-corrected chi connectivity index (χ1v) is 15.7. The highest BCUT2D eigenvalue weighted by Gasteiger charge is 2.29. The summed E-state index contributed by atoms with van der Waals surface area (Å²) in [5, 5.41) is 13.7. The highest BCUT2D eigenvalue weighted by Crippen LogP contribution is 2.35. The van der Waals surface area contributed by atoms with Crippen LogP contribution in [0.2, 0.25) is 5.02 Å². The molecule has 0 unspecified atom stereocenters. The Morgan fingerprint density at radius 2 is 1.79 bits per heavy atom. The Morgan fingerprint density at radius 1 is 1.09 bits per heavy atom. The minimum Gasteiger partial charge on any atom is -0.462 e. The van der Waals surface area contributed by atoms with Crippen LogP contribution in [0.1, 0.15) is 82.3 Å². The molecule has 0 aliphatic heterocycles. The number of nitrogens with one attached hydrogen (secondary N) is 2. The van der Waals surface area contributed by atoms with Crippen molar-refractivity contribution in [2.24, 2.45) is 0 Å². The number of rotatable bonds is 14. The summed E-state index contributed by atoms with van der Waals surface area (Å²) in [7, 11) is 0. The molecule has 3 aromatic rings. The lowest BCUT2D eigenvalue weighted by atomic mass is 10.1. The van der Waals surface area contributed by atoms with Crippen molar-refractivity contribution < 1.29 is 33.0 Å². The summed E-state index contributed by atoms with van der Waals surface area (Å²) in [5.41, 5.74) is 0.195. The van der Waals surface area contributed by atoms with E-state index in [0.29, 0.717) is 23.1 Å². The normalized spacial score (nSPS) is 11.6. The number of amides is 2.